The Hall–Kier alpha value is -5.07. The molecule has 3 aromatic rings. The summed E-state index contributed by atoms with van der Waals surface area (Å²) in [5, 5.41) is 1.35. The van der Waals surface area contributed by atoms with Gasteiger partial charge in [0.05, 0.1) is 41.4 Å². The summed E-state index contributed by atoms with van der Waals surface area (Å²) in [7, 11) is 5.25. The predicted molar refractivity (Wildman–Crippen MR) is 243 cm³/mol. The highest BCUT2D eigenvalue weighted by Gasteiger charge is 2.55. The molecule has 0 aliphatic carbocycles. The van der Waals surface area contributed by atoms with Crippen LogP contribution in [0.2, 0.25) is 0 Å². The minimum Gasteiger partial charge on any atom is -0.458 e. The average Bonchev–Trinajstić information content (AvgIpc) is 3.94. The largest absolute Gasteiger partial charge is 0.458 e. The van der Waals surface area contributed by atoms with Crippen molar-refractivity contribution in [1.82, 2.24) is 29.9 Å². The maximum atomic E-state index is 14.8. The molecule has 0 bridgehead atoms. The van der Waals surface area contributed by atoms with Gasteiger partial charge in [-0.25, -0.2) is 25.0 Å². The Morgan fingerprint density at radius 2 is 1.73 bits per heavy atom. The second-order valence-electron chi connectivity index (χ2n) is 18.7. The van der Waals surface area contributed by atoms with E-state index in [1.165, 1.54) is 19.0 Å². The van der Waals surface area contributed by atoms with Crippen molar-refractivity contribution < 1.29 is 52.4 Å². The van der Waals surface area contributed by atoms with E-state index in [-0.39, 0.29) is 36.8 Å². The Morgan fingerprint density at radius 3 is 2.38 bits per heavy atom. The van der Waals surface area contributed by atoms with Crippen LogP contribution in [-0.2, 0) is 42.8 Å². The molecule has 0 saturated carbocycles. The standard InChI is InChI=1S/C49H68N6O11/c1-12-38-43-39(55(48(60)65-43)52-22-20-29(3)54-26-36(51-27-54)35-19-16-21-50-25-35)31(5)40(56)28(2)24-49(8,61-11)44(32(6)41(57)33(7)45(58)63-38)66-47-42(37(53(9)10)23-30(4)62-47)64-46(59)34-17-14-13-15-18-34/h13-19,21,25-33,37-39,42-44,47,52H,12,20,22-24H2,1-11H3/t28-,29?,30-,31-,32+,33-,37+,38-,39-,42-,43?,44-,47?,49+/m1/s1. The van der Waals surface area contributed by atoms with Crippen molar-refractivity contribution >= 4 is 29.6 Å². The first kappa shape index (κ1) is 50.3. The van der Waals surface area contributed by atoms with Gasteiger partial charge in [0, 0.05) is 61.6 Å². The van der Waals surface area contributed by atoms with E-state index in [9.17, 15) is 24.0 Å². The summed E-state index contributed by atoms with van der Waals surface area (Å²) in [5.41, 5.74) is 3.91. The molecule has 17 heteroatoms. The molecule has 0 radical (unpaired) electrons. The summed E-state index contributed by atoms with van der Waals surface area (Å²) >= 11 is 0. The number of aromatic nitrogens is 3. The highest BCUT2D eigenvalue weighted by atomic mass is 16.7. The number of nitrogens with zero attached hydrogens (tertiary/aromatic N) is 5. The highest BCUT2D eigenvalue weighted by molar-refractivity contribution is 6.00. The van der Waals surface area contributed by atoms with E-state index < -0.39 is 89.8 Å². The lowest BCUT2D eigenvalue weighted by Crippen LogP contribution is -2.60. The monoisotopic (exact) mass is 916 g/mol. The number of carbonyl (C=O) groups is 5. The van der Waals surface area contributed by atoms with Crippen LogP contribution in [0.5, 0.6) is 0 Å². The second-order valence-corrected chi connectivity index (χ2v) is 18.7. The van der Waals surface area contributed by atoms with Gasteiger partial charge in [-0.1, -0.05) is 45.9 Å². The fourth-order valence-corrected chi connectivity index (χ4v) is 9.67. The Kier molecular flexibility index (Phi) is 16.6. The van der Waals surface area contributed by atoms with Crippen molar-refractivity contribution in [1.29, 1.82) is 0 Å². The number of methoxy groups -OCH3 is 1. The molecule has 2 aromatic heterocycles. The van der Waals surface area contributed by atoms with Gasteiger partial charge in [-0.15, -0.1) is 0 Å². The number of imidazole rings is 1. The van der Waals surface area contributed by atoms with Gasteiger partial charge in [-0.3, -0.25) is 19.4 Å². The Morgan fingerprint density at radius 1 is 1.00 bits per heavy atom. The number of cyclic esters (lactones) is 1. The second kappa shape index (κ2) is 21.7. The summed E-state index contributed by atoms with van der Waals surface area (Å²) in [6.07, 6.45) is 2.24. The number of ether oxygens (including phenoxy) is 6. The van der Waals surface area contributed by atoms with E-state index >= 15 is 0 Å². The van der Waals surface area contributed by atoms with Crippen LogP contribution in [0.15, 0.2) is 67.4 Å². The van der Waals surface area contributed by atoms with Crippen LogP contribution in [0.1, 0.15) is 97.5 Å². The number of ketones is 2. The third-order valence-corrected chi connectivity index (χ3v) is 13.7. The number of likely N-dealkylation sites (N-methyl/N-ethyl adjacent to an activating group) is 1. The summed E-state index contributed by atoms with van der Waals surface area (Å²) in [4.78, 5) is 81.6. The van der Waals surface area contributed by atoms with E-state index in [1.54, 1.807) is 83.7 Å². The molecule has 3 unspecified atom stereocenters. The van der Waals surface area contributed by atoms with Crippen LogP contribution in [0.25, 0.3) is 11.3 Å². The molecule has 360 valence electrons. The fourth-order valence-electron chi connectivity index (χ4n) is 9.67. The van der Waals surface area contributed by atoms with E-state index in [0.717, 1.165) is 11.3 Å². The smallest absolute Gasteiger partial charge is 0.425 e. The van der Waals surface area contributed by atoms with Crippen LogP contribution in [0, 0.1) is 23.7 Å². The number of rotatable bonds is 13. The normalized spacial score (nSPS) is 32.9. The van der Waals surface area contributed by atoms with Crippen LogP contribution in [-0.4, -0.2) is 136 Å². The number of benzene rings is 1. The van der Waals surface area contributed by atoms with E-state index in [1.807, 2.05) is 55.7 Å². The Labute approximate surface area is 388 Å². The van der Waals surface area contributed by atoms with E-state index in [0.29, 0.717) is 24.9 Å². The van der Waals surface area contributed by atoms with Crippen LogP contribution in [0.4, 0.5) is 4.79 Å². The topological polar surface area (TPSA) is 190 Å². The van der Waals surface area contributed by atoms with Crippen molar-refractivity contribution in [2.45, 2.75) is 142 Å². The zero-order valence-electron chi connectivity index (χ0n) is 40.1. The molecule has 5 heterocycles. The van der Waals surface area contributed by atoms with Gasteiger partial charge in [-0.05, 0) is 91.7 Å². The zero-order valence-corrected chi connectivity index (χ0v) is 40.1. The number of Topliss-reactive ketones (excluding diaryl/α,β-unsaturated/α-hetero) is 2. The Bertz CT molecular complexity index is 2140. The number of carbonyl (C=O) groups excluding carboxylic acids is 5. The molecule has 14 atom stereocenters. The zero-order chi connectivity index (χ0) is 48.0. The summed E-state index contributed by atoms with van der Waals surface area (Å²) in [6.45, 7) is 14.5. The Balaban J connectivity index is 1.29. The van der Waals surface area contributed by atoms with Gasteiger partial charge in [-0.2, -0.15) is 0 Å². The van der Waals surface area contributed by atoms with E-state index in [2.05, 4.69) is 15.4 Å². The summed E-state index contributed by atoms with van der Waals surface area (Å²) < 4.78 is 39.9. The van der Waals surface area contributed by atoms with Gasteiger partial charge >= 0.3 is 18.0 Å². The number of hydrogen-bond donors (Lipinski definition) is 1. The van der Waals surface area contributed by atoms with Crippen molar-refractivity contribution in [2.75, 3.05) is 27.7 Å². The van der Waals surface area contributed by atoms with Crippen molar-refractivity contribution in [3.63, 3.8) is 0 Å². The molecule has 17 nitrogen and oxygen atoms in total. The van der Waals surface area contributed by atoms with Crippen molar-refractivity contribution in [3.05, 3.63) is 72.9 Å². The quantitative estimate of drug-likeness (QED) is 0.118. The molecule has 3 fully saturated rings. The average molecular weight is 917 g/mol. The number of pyridine rings is 1. The van der Waals surface area contributed by atoms with Crippen molar-refractivity contribution in [3.8, 4) is 11.3 Å². The number of esters is 2. The molecule has 66 heavy (non-hydrogen) atoms. The summed E-state index contributed by atoms with van der Waals surface area (Å²) in [6, 6.07) is 11.1. The first-order chi connectivity index (χ1) is 31.4. The van der Waals surface area contributed by atoms with Gasteiger partial charge in [0.25, 0.3) is 0 Å². The maximum Gasteiger partial charge on any atom is 0.425 e. The molecule has 1 N–H and O–H groups in total. The lowest BCUT2D eigenvalue weighted by atomic mass is 9.75. The van der Waals surface area contributed by atoms with Crippen LogP contribution in [0.3, 0.4) is 0 Å². The minimum atomic E-state index is -1.35. The third kappa shape index (κ3) is 11.0. The predicted octanol–water partition coefficient (Wildman–Crippen LogP) is 6.08. The molecule has 1 amide bonds. The number of hydrazine groups is 1. The summed E-state index contributed by atoms with van der Waals surface area (Å²) in [5.74, 6) is -5.92. The lowest BCUT2D eigenvalue weighted by molar-refractivity contribution is -0.294. The third-order valence-electron chi connectivity index (χ3n) is 13.7. The first-order valence-corrected chi connectivity index (χ1v) is 23.1. The maximum absolute atomic E-state index is 14.8. The number of fused-ring (bicyclic) bond motifs is 1. The van der Waals surface area contributed by atoms with Crippen LogP contribution >= 0.6 is 0 Å². The van der Waals surface area contributed by atoms with Gasteiger partial charge in [0.1, 0.15) is 23.8 Å². The molecule has 0 spiro atoms. The van der Waals surface area contributed by atoms with E-state index in [4.69, 9.17) is 28.4 Å². The number of amides is 1. The van der Waals surface area contributed by atoms with Gasteiger partial charge in [0.2, 0.25) is 0 Å². The molecule has 3 aliphatic rings. The minimum absolute atomic E-state index is 0.0252. The van der Waals surface area contributed by atoms with Crippen molar-refractivity contribution in [2.24, 2.45) is 23.7 Å². The molecule has 6 rings (SSSR count). The molecular formula is C49H68N6O11. The SMILES string of the molecule is CC[C@H]1OC(=O)[C@H](C)C(=O)[C@H](C)[C@@H](OC2O[C@H](C)C[C@H](N(C)C)[C@H]2OC(=O)c2ccccc2)[C@@](C)(OC)C[C@@H](C)C(=O)[C@H](C)[C@@H]2C1OC(=O)N2NCCC(C)n1cnc(-c2cccnc2)c1. The van der Waals surface area contributed by atoms with Gasteiger partial charge < -0.3 is 37.9 Å². The molecule has 1 aromatic carbocycles. The molecule has 3 saturated heterocycles. The fraction of sp³-hybridized carbons (Fsp3) is 0.612. The van der Waals surface area contributed by atoms with Gasteiger partial charge in [0.15, 0.2) is 24.3 Å². The molecular weight excluding hydrogens is 849 g/mol. The number of hydrogen-bond acceptors (Lipinski definition) is 15. The molecule has 3 aliphatic heterocycles. The van der Waals surface area contributed by atoms with Crippen LogP contribution < -0.4 is 5.43 Å². The number of nitrogens with one attached hydrogen (secondary N) is 1. The highest BCUT2D eigenvalue weighted by Crippen LogP contribution is 2.39. The lowest BCUT2D eigenvalue weighted by Gasteiger charge is -2.47. The first-order valence-electron chi connectivity index (χ1n) is 23.1.